The molecule has 0 spiro atoms. The number of halogens is 2. The van der Waals surface area contributed by atoms with Gasteiger partial charge in [0.1, 0.15) is 11.4 Å². The van der Waals surface area contributed by atoms with Crippen molar-refractivity contribution < 1.29 is 13.6 Å². The number of fused-ring (bicyclic) bond motifs is 2. The van der Waals surface area contributed by atoms with E-state index in [2.05, 4.69) is 0 Å². The maximum absolute atomic E-state index is 13.4. The van der Waals surface area contributed by atoms with Crippen LogP contribution in [0.15, 0.2) is 45.6 Å². The Morgan fingerprint density at radius 3 is 2.57 bits per heavy atom. The van der Waals surface area contributed by atoms with Gasteiger partial charge in [0.2, 0.25) is 5.76 Å². The SMILES string of the molecule is CCCCN1C(=O)c2oc3cc(C)c(Cl)cc3c(=O)c2C1c1ccc(F)cc1. The summed E-state index contributed by atoms with van der Waals surface area (Å²) in [7, 11) is 0. The number of benzene rings is 2. The predicted octanol–water partition coefficient (Wildman–Crippen LogP) is 5.24. The van der Waals surface area contributed by atoms with E-state index < -0.39 is 6.04 Å². The van der Waals surface area contributed by atoms with Crippen molar-refractivity contribution in [2.45, 2.75) is 32.7 Å². The molecule has 0 fully saturated rings. The lowest BCUT2D eigenvalue weighted by molar-refractivity contribution is 0.0725. The molecule has 4 rings (SSSR count). The normalized spacial score (nSPS) is 16.1. The highest BCUT2D eigenvalue weighted by molar-refractivity contribution is 6.32. The van der Waals surface area contributed by atoms with Crippen molar-refractivity contribution in [3.63, 3.8) is 0 Å². The van der Waals surface area contributed by atoms with Crippen LogP contribution in [0.25, 0.3) is 11.0 Å². The Bertz CT molecular complexity index is 1140. The van der Waals surface area contributed by atoms with E-state index in [4.69, 9.17) is 16.0 Å². The molecule has 6 heteroatoms. The highest BCUT2D eigenvalue weighted by Gasteiger charge is 2.42. The second-order valence-corrected chi connectivity index (χ2v) is 7.48. The molecule has 4 nitrogen and oxygen atoms in total. The molecule has 0 N–H and O–H groups in total. The molecule has 1 unspecified atom stereocenters. The smallest absolute Gasteiger partial charge is 0.290 e. The number of carbonyl (C=O) groups excluding carboxylic acids is 1. The van der Waals surface area contributed by atoms with Gasteiger partial charge < -0.3 is 9.32 Å². The number of hydrogen-bond donors (Lipinski definition) is 0. The molecule has 28 heavy (non-hydrogen) atoms. The zero-order valence-corrected chi connectivity index (χ0v) is 16.3. The molecule has 0 saturated heterocycles. The molecule has 0 bridgehead atoms. The zero-order valence-electron chi connectivity index (χ0n) is 15.6. The summed E-state index contributed by atoms with van der Waals surface area (Å²) >= 11 is 6.21. The first-order chi connectivity index (χ1) is 13.4. The Kier molecular flexibility index (Phi) is 4.71. The van der Waals surface area contributed by atoms with Gasteiger partial charge in [-0.2, -0.15) is 0 Å². The van der Waals surface area contributed by atoms with Gasteiger partial charge in [0, 0.05) is 11.6 Å². The van der Waals surface area contributed by atoms with E-state index in [9.17, 15) is 14.0 Å². The summed E-state index contributed by atoms with van der Waals surface area (Å²) in [4.78, 5) is 28.1. The largest absolute Gasteiger partial charge is 0.450 e. The van der Waals surface area contributed by atoms with Crippen LogP contribution in [-0.4, -0.2) is 17.4 Å². The standard InChI is InChI=1S/C22H19ClFNO3/c1-3-4-9-25-19(13-5-7-14(24)8-6-13)18-20(26)15-11-16(23)12(2)10-17(15)28-21(18)22(25)27/h5-8,10-11,19H,3-4,9H2,1-2H3. The van der Waals surface area contributed by atoms with Gasteiger partial charge in [-0.15, -0.1) is 0 Å². The predicted molar refractivity (Wildman–Crippen MR) is 106 cm³/mol. The minimum Gasteiger partial charge on any atom is -0.450 e. The van der Waals surface area contributed by atoms with Gasteiger partial charge in [0.05, 0.1) is 17.0 Å². The minimum absolute atomic E-state index is 0.0599. The molecule has 2 heterocycles. The van der Waals surface area contributed by atoms with Crippen molar-refractivity contribution in [3.8, 4) is 0 Å². The number of rotatable bonds is 4. The van der Waals surface area contributed by atoms with Crippen molar-refractivity contribution in [3.05, 3.63) is 79.9 Å². The summed E-state index contributed by atoms with van der Waals surface area (Å²) < 4.78 is 19.3. The van der Waals surface area contributed by atoms with Crippen LogP contribution in [0.2, 0.25) is 5.02 Å². The summed E-state index contributed by atoms with van der Waals surface area (Å²) in [5, 5.41) is 0.803. The highest BCUT2D eigenvalue weighted by atomic mass is 35.5. The maximum Gasteiger partial charge on any atom is 0.290 e. The molecule has 0 aliphatic carbocycles. The van der Waals surface area contributed by atoms with E-state index in [0.29, 0.717) is 33.7 Å². The fourth-order valence-electron chi connectivity index (χ4n) is 3.69. The van der Waals surface area contributed by atoms with E-state index in [1.807, 2.05) is 13.8 Å². The van der Waals surface area contributed by atoms with Crippen LogP contribution in [-0.2, 0) is 0 Å². The van der Waals surface area contributed by atoms with E-state index in [0.717, 1.165) is 18.4 Å². The molecule has 1 aliphatic rings. The van der Waals surface area contributed by atoms with Crippen LogP contribution in [0.4, 0.5) is 4.39 Å². The van der Waals surface area contributed by atoms with Crippen LogP contribution < -0.4 is 5.43 Å². The molecule has 3 aromatic rings. The molecule has 1 aromatic heterocycles. The van der Waals surface area contributed by atoms with E-state index in [-0.39, 0.29) is 22.9 Å². The fraction of sp³-hybridized carbons (Fsp3) is 0.273. The summed E-state index contributed by atoms with van der Waals surface area (Å²) in [6, 6.07) is 8.53. The monoisotopic (exact) mass is 399 g/mol. The molecule has 1 aliphatic heterocycles. The summed E-state index contributed by atoms with van der Waals surface area (Å²) in [5.74, 6) is -0.629. The lowest BCUT2D eigenvalue weighted by atomic mass is 9.98. The Morgan fingerprint density at radius 1 is 1.18 bits per heavy atom. The number of unbranched alkanes of at least 4 members (excludes halogenated alkanes) is 1. The molecule has 1 amide bonds. The molecule has 2 aromatic carbocycles. The van der Waals surface area contributed by atoms with Gasteiger partial charge in [-0.3, -0.25) is 9.59 Å². The van der Waals surface area contributed by atoms with Gasteiger partial charge in [-0.1, -0.05) is 37.1 Å². The van der Waals surface area contributed by atoms with Crippen molar-refractivity contribution in [2.24, 2.45) is 0 Å². The van der Waals surface area contributed by atoms with Crippen LogP contribution in [0.1, 0.15) is 53.1 Å². The lowest BCUT2D eigenvalue weighted by Gasteiger charge is -2.25. The van der Waals surface area contributed by atoms with Gasteiger partial charge in [0.15, 0.2) is 5.43 Å². The Balaban J connectivity index is 1.98. The van der Waals surface area contributed by atoms with Crippen molar-refractivity contribution in [1.29, 1.82) is 0 Å². The first kappa shape index (κ1) is 18.7. The molecular weight excluding hydrogens is 381 g/mol. The Labute approximate surface area is 166 Å². The second-order valence-electron chi connectivity index (χ2n) is 7.08. The highest BCUT2D eigenvalue weighted by Crippen LogP contribution is 2.38. The minimum atomic E-state index is -0.602. The lowest BCUT2D eigenvalue weighted by Crippen LogP contribution is -2.30. The van der Waals surface area contributed by atoms with Crippen LogP contribution in [0.3, 0.4) is 0 Å². The van der Waals surface area contributed by atoms with Gasteiger partial charge >= 0.3 is 0 Å². The number of amides is 1. The van der Waals surface area contributed by atoms with Crippen molar-refractivity contribution in [1.82, 2.24) is 4.90 Å². The number of aryl methyl sites for hydroxylation is 1. The average Bonchev–Trinajstić information content (AvgIpc) is 2.95. The van der Waals surface area contributed by atoms with E-state index in [1.54, 1.807) is 29.2 Å². The van der Waals surface area contributed by atoms with Crippen molar-refractivity contribution >= 4 is 28.5 Å². The first-order valence-corrected chi connectivity index (χ1v) is 9.63. The molecule has 144 valence electrons. The Morgan fingerprint density at radius 2 is 1.89 bits per heavy atom. The van der Waals surface area contributed by atoms with E-state index >= 15 is 0 Å². The number of hydrogen-bond acceptors (Lipinski definition) is 3. The summed E-state index contributed by atoms with van der Waals surface area (Å²) in [6.45, 7) is 4.33. The zero-order chi connectivity index (χ0) is 20.0. The van der Waals surface area contributed by atoms with Crippen LogP contribution in [0, 0.1) is 12.7 Å². The third kappa shape index (κ3) is 2.90. The number of carbonyl (C=O) groups is 1. The summed E-state index contributed by atoms with van der Waals surface area (Å²) in [6.07, 6.45) is 1.69. The molecule has 0 radical (unpaired) electrons. The third-order valence-electron chi connectivity index (χ3n) is 5.19. The van der Waals surface area contributed by atoms with Crippen LogP contribution in [0.5, 0.6) is 0 Å². The number of nitrogens with zero attached hydrogens (tertiary/aromatic N) is 1. The second kappa shape index (κ2) is 7.06. The molecule has 0 saturated carbocycles. The van der Waals surface area contributed by atoms with Crippen molar-refractivity contribution in [2.75, 3.05) is 6.54 Å². The summed E-state index contributed by atoms with van der Waals surface area (Å²) in [5.41, 5.74) is 1.80. The fourth-order valence-corrected chi connectivity index (χ4v) is 3.86. The topological polar surface area (TPSA) is 50.5 Å². The first-order valence-electron chi connectivity index (χ1n) is 9.25. The maximum atomic E-state index is 13.4. The van der Waals surface area contributed by atoms with Gasteiger partial charge in [-0.05, 0) is 48.7 Å². The third-order valence-corrected chi connectivity index (χ3v) is 5.59. The van der Waals surface area contributed by atoms with E-state index in [1.165, 1.54) is 12.1 Å². The van der Waals surface area contributed by atoms with Gasteiger partial charge in [-0.25, -0.2) is 4.39 Å². The van der Waals surface area contributed by atoms with Gasteiger partial charge in [0.25, 0.3) is 5.91 Å². The Hall–Kier alpha value is -2.66. The average molecular weight is 400 g/mol. The quantitative estimate of drug-likeness (QED) is 0.602. The molecular formula is C22H19ClFNO3. The molecule has 1 atom stereocenters. The van der Waals surface area contributed by atoms with Crippen LogP contribution >= 0.6 is 11.6 Å².